The average molecular weight is 760 g/mol. The van der Waals surface area contributed by atoms with Gasteiger partial charge < -0.3 is 39.4 Å². The third-order valence-corrected chi connectivity index (χ3v) is 10.3. The molecule has 2 aromatic heterocycles. The first-order chi connectivity index (χ1) is 26.6. The van der Waals surface area contributed by atoms with Crippen molar-refractivity contribution in [3.8, 4) is 23.0 Å². The second kappa shape index (κ2) is 17.9. The number of alkyl halides is 3. The second-order valence-electron chi connectivity index (χ2n) is 13.8. The van der Waals surface area contributed by atoms with Crippen LogP contribution >= 0.6 is 0 Å². The summed E-state index contributed by atoms with van der Waals surface area (Å²) in [5, 5.41) is 7.62. The summed E-state index contributed by atoms with van der Waals surface area (Å²) in [4.78, 5) is 27.6. The minimum absolute atomic E-state index is 0.163. The van der Waals surface area contributed by atoms with Crippen molar-refractivity contribution in [3.63, 3.8) is 0 Å². The maximum absolute atomic E-state index is 14.1. The Labute approximate surface area is 319 Å². The van der Waals surface area contributed by atoms with Crippen LogP contribution in [0.5, 0.6) is 23.0 Å². The van der Waals surface area contributed by atoms with E-state index in [0.29, 0.717) is 59.2 Å². The average Bonchev–Trinajstić information content (AvgIpc) is 3.20. The first-order valence-corrected chi connectivity index (χ1v) is 18.6. The molecule has 4 heterocycles. The number of piperidine rings is 2. The summed E-state index contributed by atoms with van der Waals surface area (Å²) in [7, 11) is 7.16. The topological polar surface area (TPSA) is 114 Å². The molecule has 14 heteroatoms. The van der Waals surface area contributed by atoms with E-state index in [0.717, 1.165) is 48.8 Å². The van der Waals surface area contributed by atoms with Gasteiger partial charge in [0.05, 0.1) is 30.8 Å². The Hall–Kier alpha value is -5.21. The van der Waals surface area contributed by atoms with E-state index in [1.807, 2.05) is 13.1 Å². The number of nitrogens with one attached hydrogen (secondary N) is 2. The van der Waals surface area contributed by atoms with Crippen molar-refractivity contribution < 1.29 is 32.2 Å². The van der Waals surface area contributed by atoms with Crippen LogP contribution in [0.3, 0.4) is 0 Å². The first-order valence-electron chi connectivity index (χ1n) is 18.6. The van der Waals surface area contributed by atoms with Crippen molar-refractivity contribution in [2.75, 3.05) is 58.2 Å². The predicted molar refractivity (Wildman–Crippen MR) is 209 cm³/mol. The molecule has 2 aliphatic heterocycles. The molecule has 2 saturated heterocycles. The summed E-state index contributed by atoms with van der Waals surface area (Å²) in [5.41, 5.74) is 0.948. The Bertz CT molecular complexity index is 2070. The molecule has 0 bridgehead atoms. The zero-order valence-corrected chi connectivity index (χ0v) is 31.7. The van der Waals surface area contributed by atoms with Crippen LogP contribution in [0, 0.1) is 0 Å². The molecule has 5 aromatic rings. The number of anilines is 3. The lowest BCUT2D eigenvalue weighted by Gasteiger charge is -2.35. The van der Waals surface area contributed by atoms with Gasteiger partial charge in [-0.05, 0) is 95.2 Å². The van der Waals surface area contributed by atoms with E-state index in [1.54, 1.807) is 67.9 Å². The highest BCUT2D eigenvalue weighted by atomic mass is 19.4. The highest BCUT2D eigenvalue weighted by molar-refractivity contribution is 5.88. The number of fused-ring (bicyclic) bond motifs is 2. The molecule has 11 nitrogen and oxygen atoms in total. The molecule has 0 amide bonds. The fourth-order valence-electron chi connectivity index (χ4n) is 7.21. The van der Waals surface area contributed by atoms with E-state index in [1.165, 1.54) is 31.9 Å². The Kier molecular flexibility index (Phi) is 12.9. The number of likely N-dealkylation sites (tertiary alicyclic amines) is 1. The zero-order chi connectivity index (χ0) is 39.0. The van der Waals surface area contributed by atoms with Crippen LogP contribution < -0.4 is 29.7 Å². The minimum atomic E-state index is -4.52. The quantitative estimate of drug-likeness (QED) is 0.127. The number of aromatic nitrogens is 3. The van der Waals surface area contributed by atoms with E-state index in [-0.39, 0.29) is 17.3 Å². The van der Waals surface area contributed by atoms with Crippen LogP contribution in [0.2, 0.25) is 0 Å². The summed E-state index contributed by atoms with van der Waals surface area (Å²) in [6.07, 6.45) is 7.06. The van der Waals surface area contributed by atoms with Gasteiger partial charge in [-0.25, -0.2) is 9.97 Å². The maximum Gasteiger partial charge on any atom is 0.418 e. The molecule has 1 atom stereocenters. The summed E-state index contributed by atoms with van der Waals surface area (Å²) in [6.45, 7) is 2.32. The minimum Gasteiger partial charge on any atom is -0.493 e. The lowest BCUT2D eigenvalue weighted by Crippen LogP contribution is -2.41. The number of hydrogen-bond donors (Lipinski definition) is 2. The number of nitrogens with zero attached hydrogens (tertiary/aromatic N) is 5. The normalized spacial score (nSPS) is 16.7. The Morgan fingerprint density at radius 1 is 0.891 bits per heavy atom. The molecular weight excluding hydrogens is 711 g/mol. The largest absolute Gasteiger partial charge is 0.493 e. The molecule has 0 aliphatic carbocycles. The molecule has 0 spiro atoms. The molecule has 55 heavy (non-hydrogen) atoms. The fraction of sp³-hybridized carbons (Fsp3) is 0.415. The number of halogens is 3. The van der Waals surface area contributed by atoms with E-state index in [9.17, 15) is 18.0 Å². The van der Waals surface area contributed by atoms with Gasteiger partial charge in [0.2, 0.25) is 5.95 Å². The summed E-state index contributed by atoms with van der Waals surface area (Å²) in [5.74, 6) is 2.32. The molecule has 0 radical (unpaired) electrons. The number of rotatable bonds is 11. The zero-order valence-electron chi connectivity index (χ0n) is 31.7. The number of methoxy groups -OCH3 is 2. The number of hydrogen-bond acceptors (Lipinski definition) is 11. The van der Waals surface area contributed by atoms with Gasteiger partial charge in [-0.15, -0.1) is 0 Å². The molecule has 2 N–H and O–H groups in total. The van der Waals surface area contributed by atoms with Gasteiger partial charge in [-0.1, -0.05) is 6.42 Å². The maximum atomic E-state index is 14.1. The Morgan fingerprint density at radius 3 is 2.38 bits per heavy atom. The SMILES string of the molecule is CN1CCCCC1CCC=O.CNC1CCN(c2ccc(Nc3ncc4ccc(Oc5ccnc6cc(OC)c(OC)cc56)cc4n3)cc2C(F)(F)F)CC1. The number of pyridine rings is 1. The molecule has 2 fully saturated rings. The molecule has 292 valence electrons. The molecule has 2 aliphatic rings. The standard InChI is InChI=1S/C32H31F3N6O3.C9H17NO/c1-36-20-9-12-41(13-10-20)27-7-5-21(14-24(27)32(33,34)35)39-31-38-18-19-4-6-22(15-25(19)40-31)44-28-8-11-37-26-17-30(43-3)29(42-2)16-23(26)28;1-10-7-3-2-5-9(10)6-4-8-11/h4-8,11,14-18,20,36H,9-10,12-13H2,1-3H3,(H,38,39,40);8-9H,2-7H2,1H3. The third kappa shape index (κ3) is 9.73. The van der Waals surface area contributed by atoms with Crippen molar-refractivity contribution in [1.29, 1.82) is 0 Å². The van der Waals surface area contributed by atoms with Gasteiger partial charge in [-0.3, -0.25) is 4.98 Å². The lowest BCUT2D eigenvalue weighted by molar-refractivity contribution is -0.137. The second-order valence-corrected chi connectivity index (χ2v) is 13.8. The predicted octanol–water partition coefficient (Wildman–Crippen LogP) is 8.39. The molecule has 0 saturated carbocycles. The van der Waals surface area contributed by atoms with Crippen molar-refractivity contribution in [3.05, 3.63) is 72.6 Å². The number of aldehydes is 1. The Morgan fingerprint density at radius 2 is 1.67 bits per heavy atom. The summed E-state index contributed by atoms with van der Waals surface area (Å²) < 4.78 is 59.5. The summed E-state index contributed by atoms with van der Waals surface area (Å²) in [6, 6.07) is 15.9. The highest BCUT2D eigenvalue weighted by Crippen LogP contribution is 2.40. The van der Waals surface area contributed by atoms with Gasteiger partial charge in [-0.2, -0.15) is 13.2 Å². The third-order valence-electron chi connectivity index (χ3n) is 10.3. The van der Waals surface area contributed by atoms with E-state index in [2.05, 4.69) is 37.5 Å². The number of carbonyl (C=O) groups excluding carboxylic acids is 1. The van der Waals surface area contributed by atoms with Gasteiger partial charge in [0.25, 0.3) is 0 Å². The van der Waals surface area contributed by atoms with Crippen LogP contribution in [0.25, 0.3) is 21.8 Å². The fourth-order valence-corrected chi connectivity index (χ4v) is 7.21. The molecular formula is C41H48F3N7O4. The van der Waals surface area contributed by atoms with Gasteiger partial charge in [0.1, 0.15) is 17.8 Å². The van der Waals surface area contributed by atoms with Crippen molar-refractivity contribution in [2.24, 2.45) is 0 Å². The van der Waals surface area contributed by atoms with Crippen LogP contribution in [-0.2, 0) is 11.0 Å². The lowest BCUT2D eigenvalue weighted by atomic mass is 9.99. The molecule has 7 rings (SSSR count). The van der Waals surface area contributed by atoms with Gasteiger partial charge in [0.15, 0.2) is 11.5 Å². The van der Waals surface area contributed by atoms with Gasteiger partial charge in [0, 0.05) is 78.3 Å². The van der Waals surface area contributed by atoms with Crippen molar-refractivity contribution >= 4 is 45.4 Å². The number of carbonyl (C=O) groups is 1. The number of benzene rings is 3. The van der Waals surface area contributed by atoms with Gasteiger partial charge >= 0.3 is 6.18 Å². The molecule has 3 aromatic carbocycles. The Balaban J connectivity index is 0.000000403. The van der Waals surface area contributed by atoms with E-state index in [4.69, 9.17) is 14.2 Å². The monoisotopic (exact) mass is 759 g/mol. The summed E-state index contributed by atoms with van der Waals surface area (Å²) >= 11 is 0. The van der Waals surface area contributed by atoms with Crippen LogP contribution in [0.1, 0.15) is 50.5 Å². The van der Waals surface area contributed by atoms with E-state index < -0.39 is 11.7 Å². The van der Waals surface area contributed by atoms with Crippen molar-refractivity contribution in [1.82, 2.24) is 25.2 Å². The van der Waals surface area contributed by atoms with E-state index >= 15 is 0 Å². The van der Waals surface area contributed by atoms with Crippen LogP contribution in [0.4, 0.5) is 30.5 Å². The smallest absolute Gasteiger partial charge is 0.418 e. The molecule has 1 unspecified atom stereocenters. The van der Waals surface area contributed by atoms with Crippen LogP contribution in [-0.4, -0.2) is 86.2 Å². The highest BCUT2D eigenvalue weighted by Gasteiger charge is 2.36. The van der Waals surface area contributed by atoms with Crippen molar-refractivity contribution in [2.45, 2.75) is 63.2 Å². The first kappa shape index (κ1) is 39.5. The number of ether oxygens (including phenoxy) is 3. The van der Waals surface area contributed by atoms with Crippen LogP contribution in [0.15, 0.2) is 67.0 Å².